The highest BCUT2D eigenvalue weighted by Crippen LogP contribution is 2.27. The van der Waals surface area contributed by atoms with Crippen LogP contribution in [0.5, 0.6) is 11.5 Å². The first-order valence-corrected chi connectivity index (χ1v) is 6.37. The summed E-state index contributed by atoms with van der Waals surface area (Å²) < 4.78 is 5.31. The minimum atomic E-state index is -0.825. The quantitative estimate of drug-likeness (QED) is 0.791. The van der Waals surface area contributed by atoms with Crippen molar-refractivity contribution in [2.24, 2.45) is 0 Å². The average molecular weight is 267 g/mol. The molecule has 5 heteroatoms. The number of nitrogens with zero attached hydrogens (tertiary/aromatic N) is 1. The largest absolute Gasteiger partial charge is 0.504 e. The molecule has 0 aliphatic carbocycles. The monoisotopic (exact) mass is 267 g/mol. The van der Waals surface area contributed by atoms with Gasteiger partial charge in [-0.25, -0.2) is 0 Å². The predicted octanol–water partition coefficient (Wildman–Crippen LogP) is 2.09. The first-order chi connectivity index (χ1) is 8.99. The van der Waals surface area contributed by atoms with Crippen LogP contribution >= 0.6 is 0 Å². The van der Waals surface area contributed by atoms with Gasteiger partial charge in [-0.05, 0) is 38.1 Å². The summed E-state index contributed by atoms with van der Waals surface area (Å²) >= 11 is 0. The number of likely N-dealkylation sites (N-methyl/N-ethyl adjacent to an activating group) is 1. The van der Waals surface area contributed by atoms with Crippen molar-refractivity contribution in [2.75, 3.05) is 13.7 Å². The van der Waals surface area contributed by atoms with E-state index < -0.39 is 12.0 Å². The predicted molar refractivity (Wildman–Crippen MR) is 72.5 cm³/mol. The van der Waals surface area contributed by atoms with E-state index in [4.69, 9.17) is 9.84 Å². The van der Waals surface area contributed by atoms with E-state index in [1.807, 2.05) is 13.8 Å². The molecule has 2 N–H and O–H groups in total. The summed E-state index contributed by atoms with van der Waals surface area (Å²) in [6.45, 7) is 4.65. The lowest BCUT2D eigenvalue weighted by molar-refractivity contribution is -0.143. The topological polar surface area (TPSA) is 70.0 Å². The van der Waals surface area contributed by atoms with E-state index in [1.165, 1.54) is 0 Å². The molecule has 0 heterocycles. The summed E-state index contributed by atoms with van der Waals surface area (Å²) in [5.74, 6) is -0.302. The zero-order chi connectivity index (χ0) is 14.4. The Balaban J connectivity index is 2.81. The highest BCUT2D eigenvalue weighted by molar-refractivity contribution is 5.73. The number of hydrogen-bond donors (Lipinski definition) is 2. The minimum Gasteiger partial charge on any atom is -0.504 e. The van der Waals surface area contributed by atoms with E-state index in [2.05, 4.69) is 0 Å². The molecule has 0 bridgehead atoms. The molecule has 5 nitrogen and oxygen atoms in total. The Morgan fingerprint density at radius 2 is 2.11 bits per heavy atom. The van der Waals surface area contributed by atoms with Crippen molar-refractivity contribution >= 4 is 5.97 Å². The standard InChI is InChI=1S/C14H21NO4/c1-4-11(14(17)18)15(3)9-10-6-7-12(16)13(8-10)19-5-2/h6-8,11,16H,4-5,9H2,1-3H3,(H,17,18). The Hall–Kier alpha value is -1.75. The van der Waals surface area contributed by atoms with Gasteiger partial charge in [0.2, 0.25) is 0 Å². The van der Waals surface area contributed by atoms with Gasteiger partial charge in [-0.15, -0.1) is 0 Å². The summed E-state index contributed by atoms with van der Waals surface area (Å²) in [6, 6.07) is 4.56. The number of aromatic hydroxyl groups is 1. The van der Waals surface area contributed by atoms with Crippen LogP contribution in [0, 0.1) is 0 Å². The number of carbonyl (C=O) groups is 1. The summed E-state index contributed by atoms with van der Waals surface area (Å²) in [4.78, 5) is 12.8. The van der Waals surface area contributed by atoms with Gasteiger partial charge in [-0.1, -0.05) is 13.0 Å². The summed E-state index contributed by atoms with van der Waals surface area (Å²) in [5.41, 5.74) is 0.906. The summed E-state index contributed by atoms with van der Waals surface area (Å²) in [6.07, 6.45) is 0.544. The van der Waals surface area contributed by atoms with Crippen molar-refractivity contribution in [3.8, 4) is 11.5 Å². The minimum absolute atomic E-state index is 0.0959. The van der Waals surface area contributed by atoms with Gasteiger partial charge >= 0.3 is 5.97 Å². The molecule has 1 aromatic rings. The van der Waals surface area contributed by atoms with Crippen molar-refractivity contribution in [1.82, 2.24) is 4.90 Å². The molecule has 1 atom stereocenters. The molecular weight excluding hydrogens is 246 g/mol. The van der Waals surface area contributed by atoms with Crippen LogP contribution in [0.25, 0.3) is 0 Å². The van der Waals surface area contributed by atoms with Crippen LogP contribution in [0.3, 0.4) is 0 Å². The zero-order valence-corrected chi connectivity index (χ0v) is 11.6. The van der Waals surface area contributed by atoms with E-state index in [0.29, 0.717) is 25.3 Å². The number of rotatable bonds is 7. The van der Waals surface area contributed by atoms with Crippen LogP contribution in [0.4, 0.5) is 0 Å². The molecule has 0 amide bonds. The molecule has 106 valence electrons. The van der Waals surface area contributed by atoms with Crippen molar-refractivity contribution in [3.05, 3.63) is 23.8 Å². The Morgan fingerprint density at radius 1 is 1.42 bits per heavy atom. The second-order valence-electron chi connectivity index (χ2n) is 4.41. The van der Waals surface area contributed by atoms with Crippen molar-refractivity contribution in [3.63, 3.8) is 0 Å². The van der Waals surface area contributed by atoms with E-state index in [1.54, 1.807) is 30.1 Å². The normalized spacial score (nSPS) is 12.4. The first kappa shape index (κ1) is 15.3. The van der Waals surface area contributed by atoms with Gasteiger partial charge in [0.05, 0.1) is 6.61 Å². The van der Waals surface area contributed by atoms with Crippen LogP contribution in [0.1, 0.15) is 25.8 Å². The van der Waals surface area contributed by atoms with E-state index in [-0.39, 0.29) is 5.75 Å². The van der Waals surface area contributed by atoms with Crippen molar-refractivity contribution in [2.45, 2.75) is 32.9 Å². The Morgan fingerprint density at radius 3 is 2.63 bits per heavy atom. The molecule has 1 rings (SSSR count). The van der Waals surface area contributed by atoms with Gasteiger partial charge in [-0.2, -0.15) is 0 Å². The third-order valence-electron chi connectivity index (χ3n) is 2.96. The molecule has 0 saturated heterocycles. The molecular formula is C14H21NO4. The molecule has 0 aliphatic heterocycles. The fourth-order valence-corrected chi connectivity index (χ4v) is 2.00. The molecule has 0 saturated carbocycles. The maximum atomic E-state index is 11.1. The van der Waals surface area contributed by atoms with Crippen molar-refractivity contribution in [1.29, 1.82) is 0 Å². The molecule has 0 aromatic heterocycles. The second kappa shape index (κ2) is 6.99. The van der Waals surface area contributed by atoms with Gasteiger partial charge in [0.1, 0.15) is 6.04 Å². The number of carboxylic acids is 1. The van der Waals surface area contributed by atoms with Gasteiger partial charge in [0, 0.05) is 6.54 Å². The van der Waals surface area contributed by atoms with E-state index >= 15 is 0 Å². The second-order valence-corrected chi connectivity index (χ2v) is 4.41. The van der Waals surface area contributed by atoms with Crippen LogP contribution in [0.15, 0.2) is 18.2 Å². The van der Waals surface area contributed by atoms with Gasteiger partial charge in [0.25, 0.3) is 0 Å². The molecule has 1 unspecified atom stereocenters. The number of benzene rings is 1. The van der Waals surface area contributed by atoms with Gasteiger partial charge in [0.15, 0.2) is 11.5 Å². The highest BCUT2D eigenvalue weighted by atomic mass is 16.5. The van der Waals surface area contributed by atoms with Crippen LogP contribution < -0.4 is 4.74 Å². The Kier molecular flexibility index (Phi) is 5.63. The number of carboxylic acid groups (broad SMARTS) is 1. The molecule has 19 heavy (non-hydrogen) atoms. The third-order valence-corrected chi connectivity index (χ3v) is 2.96. The number of phenols is 1. The first-order valence-electron chi connectivity index (χ1n) is 6.37. The van der Waals surface area contributed by atoms with Crippen LogP contribution in [0.2, 0.25) is 0 Å². The lowest BCUT2D eigenvalue weighted by Gasteiger charge is -2.23. The Labute approximate surface area is 113 Å². The van der Waals surface area contributed by atoms with E-state index in [9.17, 15) is 9.90 Å². The number of phenolic OH excluding ortho intramolecular Hbond substituents is 1. The fourth-order valence-electron chi connectivity index (χ4n) is 2.00. The smallest absolute Gasteiger partial charge is 0.320 e. The number of ether oxygens (including phenoxy) is 1. The van der Waals surface area contributed by atoms with E-state index in [0.717, 1.165) is 5.56 Å². The summed E-state index contributed by atoms with van der Waals surface area (Å²) in [7, 11) is 1.77. The van der Waals surface area contributed by atoms with Crippen LogP contribution in [-0.4, -0.2) is 40.8 Å². The third kappa shape index (κ3) is 4.13. The maximum absolute atomic E-state index is 11.1. The molecule has 0 radical (unpaired) electrons. The number of hydrogen-bond acceptors (Lipinski definition) is 4. The SMILES string of the molecule is CCOc1cc(CN(C)C(CC)C(=O)O)ccc1O. The highest BCUT2D eigenvalue weighted by Gasteiger charge is 2.20. The maximum Gasteiger partial charge on any atom is 0.320 e. The number of aliphatic carboxylic acids is 1. The van der Waals surface area contributed by atoms with Crippen molar-refractivity contribution < 1.29 is 19.7 Å². The molecule has 0 spiro atoms. The van der Waals surface area contributed by atoms with Gasteiger partial charge in [-0.3, -0.25) is 9.69 Å². The Bertz CT molecular complexity index is 433. The zero-order valence-electron chi connectivity index (χ0n) is 11.6. The molecule has 0 aliphatic rings. The van der Waals surface area contributed by atoms with Crippen LogP contribution in [-0.2, 0) is 11.3 Å². The lowest BCUT2D eigenvalue weighted by atomic mass is 10.1. The average Bonchev–Trinajstić information content (AvgIpc) is 2.34. The molecule has 1 aromatic carbocycles. The lowest BCUT2D eigenvalue weighted by Crippen LogP contribution is -2.37. The van der Waals surface area contributed by atoms with Gasteiger partial charge < -0.3 is 14.9 Å². The summed E-state index contributed by atoms with van der Waals surface area (Å²) in [5, 5.41) is 18.7. The fraction of sp³-hybridized carbons (Fsp3) is 0.500. The molecule has 0 fully saturated rings.